The van der Waals surface area contributed by atoms with Crippen LogP contribution in [0.3, 0.4) is 0 Å². The maximum Gasteiger partial charge on any atom is 0.124 e. The standard InChI is InChI=1S/C22H37B3FN5O/c1-13-10-17(27-12-22(23,24)25)30-21(28-13)29-16-11-15-6-9-32-20(15)18(19(16)26)14-4-3-7-31(2)8-5-14/h5,13,15-21,27-30H,3-4,6-12H2,1-2H3. The molecular weight excluding hydrogens is 402 g/mol. The first-order chi connectivity index (χ1) is 15.2. The van der Waals surface area contributed by atoms with Crippen molar-refractivity contribution in [3.8, 4) is 0 Å². The third-order valence-corrected chi connectivity index (χ3v) is 7.44. The Hall–Kier alpha value is -0.375. The molecule has 1 saturated carbocycles. The highest BCUT2D eigenvalue weighted by atomic mass is 19.1. The van der Waals surface area contributed by atoms with E-state index in [1.54, 1.807) is 0 Å². The molecule has 0 aromatic heterocycles. The highest BCUT2D eigenvalue weighted by molar-refractivity contribution is 6.59. The van der Waals surface area contributed by atoms with Gasteiger partial charge in [0, 0.05) is 31.2 Å². The highest BCUT2D eigenvalue weighted by Gasteiger charge is 2.49. The molecule has 3 fully saturated rings. The normalized spacial score (nSPS) is 41.7. The molecule has 0 bridgehead atoms. The quantitative estimate of drug-likeness (QED) is 0.349. The third-order valence-electron chi connectivity index (χ3n) is 7.44. The molecule has 6 radical (unpaired) electrons. The lowest BCUT2D eigenvalue weighted by Gasteiger charge is -2.45. The highest BCUT2D eigenvalue weighted by Crippen LogP contribution is 2.44. The van der Waals surface area contributed by atoms with Crippen molar-refractivity contribution < 1.29 is 9.13 Å². The average Bonchev–Trinajstić information content (AvgIpc) is 3.06. The lowest BCUT2D eigenvalue weighted by molar-refractivity contribution is -0.0262. The van der Waals surface area contributed by atoms with Crippen LogP contribution in [0.1, 0.15) is 39.0 Å². The summed E-state index contributed by atoms with van der Waals surface area (Å²) in [6.45, 7) is 5.08. The van der Waals surface area contributed by atoms with Crippen LogP contribution in [-0.4, -0.2) is 98.5 Å². The van der Waals surface area contributed by atoms with Gasteiger partial charge >= 0.3 is 0 Å². The van der Waals surface area contributed by atoms with Crippen LogP contribution in [0, 0.1) is 11.8 Å². The van der Waals surface area contributed by atoms with Crippen molar-refractivity contribution in [3.05, 3.63) is 11.6 Å². The molecule has 0 spiro atoms. The first-order valence-corrected chi connectivity index (χ1v) is 12.2. The van der Waals surface area contributed by atoms with Crippen LogP contribution in [0.5, 0.6) is 0 Å². The van der Waals surface area contributed by atoms with E-state index >= 15 is 4.39 Å². The van der Waals surface area contributed by atoms with Gasteiger partial charge in [-0.3, -0.25) is 16.0 Å². The first-order valence-electron chi connectivity index (χ1n) is 12.2. The molecule has 3 heterocycles. The van der Waals surface area contributed by atoms with Gasteiger partial charge in [0.05, 0.1) is 35.8 Å². The number of fused-ring (bicyclic) bond motifs is 1. The van der Waals surface area contributed by atoms with E-state index in [1.807, 2.05) is 0 Å². The molecule has 2 saturated heterocycles. The summed E-state index contributed by atoms with van der Waals surface area (Å²) < 4.78 is 22.2. The molecule has 8 atom stereocenters. The summed E-state index contributed by atoms with van der Waals surface area (Å²) in [5.74, 6) is 0.233. The Balaban J connectivity index is 1.43. The molecule has 8 unspecified atom stereocenters. The second kappa shape index (κ2) is 10.5. The van der Waals surface area contributed by atoms with Crippen LogP contribution in [0.4, 0.5) is 4.39 Å². The van der Waals surface area contributed by atoms with Gasteiger partial charge in [-0.1, -0.05) is 11.6 Å². The third kappa shape index (κ3) is 6.19. The molecule has 32 heavy (non-hydrogen) atoms. The molecule has 6 nitrogen and oxygen atoms in total. The molecule has 4 aliphatic rings. The van der Waals surface area contributed by atoms with Crippen molar-refractivity contribution in [3.63, 3.8) is 0 Å². The number of hydrogen-bond donors (Lipinski definition) is 4. The van der Waals surface area contributed by atoms with Gasteiger partial charge in [0.2, 0.25) is 0 Å². The predicted octanol–water partition coefficient (Wildman–Crippen LogP) is 0.110. The number of alkyl halides is 1. The van der Waals surface area contributed by atoms with Crippen LogP contribution in [-0.2, 0) is 4.74 Å². The lowest BCUT2D eigenvalue weighted by Crippen LogP contribution is -2.70. The van der Waals surface area contributed by atoms with Crippen LogP contribution in [0.15, 0.2) is 11.6 Å². The summed E-state index contributed by atoms with van der Waals surface area (Å²) in [7, 11) is 19.3. The maximum atomic E-state index is 16.1. The largest absolute Gasteiger partial charge is 0.377 e. The predicted molar refractivity (Wildman–Crippen MR) is 128 cm³/mol. The Bertz CT molecular complexity index is 666. The van der Waals surface area contributed by atoms with Crippen LogP contribution in [0.25, 0.3) is 0 Å². The van der Waals surface area contributed by atoms with Gasteiger partial charge in [-0.2, -0.15) is 0 Å². The van der Waals surface area contributed by atoms with Crippen molar-refractivity contribution in [2.24, 2.45) is 11.8 Å². The van der Waals surface area contributed by atoms with Gasteiger partial charge in [-0.25, -0.2) is 4.39 Å². The number of nitrogens with one attached hydrogen (secondary N) is 4. The van der Waals surface area contributed by atoms with Crippen molar-refractivity contribution in [1.29, 1.82) is 0 Å². The molecule has 1 aliphatic carbocycles. The average molecular weight is 439 g/mol. The number of halogens is 1. The summed E-state index contributed by atoms with van der Waals surface area (Å²) in [6, 6.07) is 0.00693. The second-order valence-electron chi connectivity index (χ2n) is 10.5. The van der Waals surface area contributed by atoms with E-state index in [0.717, 1.165) is 51.8 Å². The van der Waals surface area contributed by atoms with E-state index in [0.29, 0.717) is 5.92 Å². The Morgan fingerprint density at radius 2 is 2.09 bits per heavy atom. The molecular formula is C22H37B3FN5O. The summed E-state index contributed by atoms with van der Waals surface area (Å²) in [4.78, 5) is 2.30. The number of ether oxygens (including phenoxy) is 1. The maximum absolute atomic E-state index is 16.1. The van der Waals surface area contributed by atoms with Gasteiger partial charge in [-0.05, 0) is 65.1 Å². The fourth-order valence-electron chi connectivity index (χ4n) is 5.87. The molecule has 172 valence electrons. The zero-order valence-corrected chi connectivity index (χ0v) is 19.5. The Labute approximate surface area is 196 Å². The molecule has 0 aromatic carbocycles. The van der Waals surface area contributed by atoms with E-state index in [-0.39, 0.29) is 43.1 Å². The summed E-state index contributed by atoms with van der Waals surface area (Å²) in [6.07, 6.45) is 5.72. The minimum atomic E-state index is -1.27. The smallest absolute Gasteiger partial charge is 0.124 e. The van der Waals surface area contributed by atoms with Gasteiger partial charge in [-0.15, -0.1) is 5.11 Å². The van der Waals surface area contributed by atoms with Gasteiger partial charge in [0.25, 0.3) is 0 Å². The van der Waals surface area contributed by atoms with Gasteiger partial charge < -0.3 is 15.0 Å². The minimum absolute atomic E-state index is 0.00473. The van der Waals surface area contributed by atoms with Crippen LogP contribution >= 0.6 is 0 Å². The van der Waals surface area contributed by atoms with Gasteiger partial charge in [0.1, 0.15) is 12.5 Å². The second-order valence-corrected chi connectivity index (χ2v) is 10.5. The van der Waals surface area contributed by atoms with Crippen LogP contribution < -0.4 is 21.3 Å². The molecule has 0 aromatic rings. The molecule has 10 heteroatoms. The van der Waals surface area contributed by atoms with E-state index in [4.69, 9.17) is 28.3 Å². The zero-order chi connectivity index (χ0) is 22.9. The molecule has 3 aliphatic heterocycles. The number of likely N-dealkylation sites (N-methyl/N-ethyl adjacent to an activating group) is 1. The number of hydrogen-bond acceptors (Lipinski definition) is 6. The summed E-state index contributed by atoms with van der Waals surface area (Å²) >= 11 is 0. The van der Waals surface area contributed by atoms with E-state index < -0.39 is 11.3 Å². The van der Waals surface area contributed by atoms with E-state index in [2.05, 4.69) is 46.2 Å². The van der Waals surface area contributed by atoms with Crippen LogP contribution in [0.2, 0.25) is 5.11 Å². The molecule has 4 N–H and O–H groups in total. The minimum Gasteiger partial charge on any atom is -0.377 e. The van der Waals surface area contributed by atoms with Crippen molar-refractivity contribution in [1.82, 2.24) is 26.2 Å². The molecule has 0 amide bonds. The Kier molecular flexibility index (Phi) is 8.11. The monoisotopic (exact) mass is 439 g/mol. The zero-order valence-electron chi connectivity index (χ0n) is 19.5. The van der Waals surface area contributed by atoms with E-state index in [1.165, 1.54) is 5.57 Å². The Morgan fingerprint density at radius 1 is 1.28 bits per heavy atom. The summed E-state index contributed by atoms with van der Waals surface area (Å²) in [5.41, 5.74) is 1.24. The summed E-state index contributed by atoms with van der Waals surface area (Å²) in [5, 5.41) is 12.5. The van der Waals surface area contributed by atoms with Gasteiger partial charge in [0.15, 0.2) is 0 Å². The first kappa shape index (κ1) is 24.7. The molecule has 4 rings (SSSR count). The topological polar surface area (TPSA) is 60.6 Å². The number of rotatable bonds is 6. The van der Waals surface area contributed by atoms with Crippen molar-refractivity contribution in [2.45, 2.75) is 81.0 Å². The Morgan fingerprint density at radius 3 is 2.88 bits per heavy atom. The van der Waals surface area contributed by atoms with Crippen molar-refractivity contribution >= 4 is 23.5 Å². The fraction of sp³-hybridized carbons (Fsp3) is 0.909. The lowest BCUT2D eigenvalue weighted by atomic mass is 9.43. The SMILES string of the molecule is [B]C([B])([B])CNC1CC(C)NC(NC2CC3CCOC3C(C3=CCN(C)CCC3)C2F)N1. The number of nitrogens with zero attached hydrogens (tertiary/aromatic N) is 1. The van der Waals surface area contributed by atoms with Crippen molar-refractivity contribution in [2.75, 3.05) is 33.3 Å². The van der Waals surface area contributed by atoms with E-state index in [9.17, 15) is 0 Å². The fourth-order valence-corrected chi connectivity index (χ4v) is 5.87.